The molecule has 2 aromatic rings. The molecule has 0 bridgehead atoms. The number of carbonyl (C=O) groups excluding carboxylic acids is 1. The summed E-state index contributed by atoms with van der Waals surface area (Å²) in [6.07, 6.45) is 0. The van der Waals surface area contributed by atoms with Gasteiger partial charge in [0.2, 0.25) is 0 Å². The van der Waals surface area contributed by atoms with Crippen molar-refractivity contribution in [1.29, 1.82) is 5.26 Å². The Morgan fingerprint density at radius 3 is 3.07 bits per heavy atom. The van der Waals surface area contributed by atoms with E-state index >= 15 is 0 Å². The van der Waals surface area contributed by atoms with Crippen molar-refractivity contribution in [1.82, 2.24) is 4.98 Å². The normalized spacial score (nSPS) is 10.1. The van der Waals surface area contributed by atoms with Gasteiger partial charge in [-0.25, -0.2) is 4.98 Å². The fourth-order valence-corrected chi connectivity index (χ4v) is 2.70. The van der Waals surface area contributed by atoms with Crippen molar-refractivity contribution in [3.05, 3.63) is 23.2 Å². The molecular formula is C10H6N2OS2. The molecule has 3 nitrogen and oxygen atoms in total. The van der Waals surface area contributed by atoms with Gasteiger partial charge in [0.05, 0.1) is 10.2 Å². The molecule has 0 fully saturated rings. The zero-order valence-corrected chi connectivity index (χ0v) is 9.48. The predicted molar refractivity (Wildman–Crippen MR) is 60.9 cm³/mol. The van der Waals surface area contributed by atoms with Crippen LogP contribution in [0.2, 0.25) is 0 Å². The predicted octanol–water partition coefficient (Wildman–Crippen LogP) is 2.81. The van der Waals surface area contributed by atoms with E-state index in [1.165, 1.54) is 30.0 Å². The first-order chi connectivity index (χ1) is 7.19. The molecule has 0 aliphatic rings. The highest BCUT2D eigenvalue weighted by Crippen LogP contribution is 2.27. The van der Waals surface area contributed by atoms with Crippen LogP contribution in [0, 0.1) is 11.3 Å². The van der Waals surface area contributed by atoms with Crippen LogP contribution in [0.25, 0.3) is 10.2 Å². The topological polar surface area (TPSA) is 53.8 Å². The van der Waals surface area contributed by atoms with Gasteiger partial charge in [0.1, 0.15) is 6.07 Å². The van der Waals surface area contributed by atoms with Gasteiger partial charge < -0.3 is 0 Å². The number of nitriles is 1. The smallest absolute Gasteiger partial charge is 0.195 e. The van der Waals surface area contributed by atoms with Gasteiger partial charge >= 0.3 is 0 Å². The third kappa shape index (κ3) is 2.17. The molecule has 0 saturated heterocycles. The average Bonchev–Trinajstić information content (AvgIpc) is 2.58. The third-order valence-electron chi connectivity index (χ3n) is 1.72. The maximum atomic E-state index is 10.9. The number of rotatable bonds is 1. The summed E-state index contributed by atoms with van der Waals surface area (Å²) in [4.78, 5) is 15.9. The summed E-state index contributed by atoms with van der Waals surface area (Å²) in [6.45, 7) is 1.53. The number of carbonyl (C=O) groups is 1. The first-order valence-electron chi connectivity index (χ1n) is 4.18. The number of benzene rings is 1. The second-order valence-electron chi connectivity index (χ2n) is 2.85. The lowest BCUT2D eigenvalue weighted by atomic mass is 10.3. The van der Waals surface area contributed by atoms with E-state index in [0.717, 1.165) is 15.1 Å². The summed E-state index contributed by atoms with van der Waals surface area (Å²) >= 11 is 2.53. The minimum Gasteiger partial charge on any atom is -0.287 e. The second kappa shape index (κ2) is 4.01. The number of aromatic nitrogens is 1. The molecule has 0 N–H and O–H groups in total. The van der Waals surface area contributed by atoms with Crippen LogP contribution in [-0.4, -0.2) is 10.1 Å². The van der Waals surface area contributed by atoms with E-state index in [1.54, 1.807) is 0 Å². The first-order valence-corrected chi connectivity index (χ1v) is 5.81. The zero-order chi connectivity index (χ0) is 10.8. The van der Waals surface area contributed by atoms with E-state index in [1.807, 2.05) is 24.3 Å². The molecule has 0 spiro atoms. The molecule has 0 saturated carbocycles. The van der Waals surface area contributed by atoms with Crippen LogP contribution in [0.4, 0.5) is 0 Å². The molecule has 0 aliphatic heterocycles. The van der Waals surface area contributed by atoms with Crippen LogP contribution in [0.1, 0.15) is 11.9 Å². The first kappa shape index (κ1) is 10.1. The van der Waals surface area contributed by atoms with Crippen molar-refractivity contribution in [3.63, 3.8) is 0 Å². The summed E-state index contributed by atoms with van der Waals surface area (Å²) in [5.41, 5.74) is 0.810. The van der Waals surface area contributed by atoms with Crippen LogP contribution < -0.4 is 0 Å². The summed E-state index contributed by atoms with van der Waals surface area (Å²) in [5.74, 6) is 0. The molecular weight excluding hydrogens is 228 g/mol. The number of hydrogen-bond donors (Lipinski definition) is 0. The highest BCUT2D eigenvalue weighted by molar-refractivity contribution is 8.13. The summed E-state index contributed by atoms with van der Waals surface area (Å²) in [5, 5.41) is 9.20. The maximum absolute atomic E-state index is 10.9. The Bertz CT molecular complexity index is 568. The van der Waals surface area contributed by atoms with Gasteiger partial charge in [0.15, 0.2) is 10.1 Å². The number of thiazole rings is 1. The van der Waals surface area contributed by atoms with E-state index < -0.39 is 0 Å². The van der Waals surface area contributed by atoms with Crippen molar-refractivity contribution >= 4 is 38.4 Å². The quantitative estimate of drug-likeness (QED) is 0.712. The van der Waals surface area contributed by atoms with Crippen molar-refractivity contribution in [3.8, 4) is 6.07 Å². The molecule has 0 amide bonds. The fraction of sp³-hybridized carbons (Fsp3) is 0.100. The van der Waals surface area contributed by atoms with Crippen molar-refractivity contribution in [2.45, 2.75) is 11.8 Å². The molecule has 74 valence electrons. The lowest BCUT2D eigenvalue weighted by molar-refractivity contribution is -0.109. The minimum atomic E-state index is 0.0550. The molecule has 1 heterocycles. The number of nitrogens with zero attached hydrogens (tertiary/aromatic N) is 2. The second-order valence-corrected chi connectivity index (χ2v) is 5.14. The lowest BCUT2D eigenvalue weighted by Gasteiger charge is -1.95. The fourth-order valence-electron chi connectivity index (χ4n) is 1.18. The van der Waals surface area contributed by atoms with Crippen LogP contribution in [0.3, 0.4) is 0 Å². The molecule has 1 aromatic carbocycles. The number of fused-ring (bicyclic) bond motifs is 1. The number of thioether (sulfide) groups is 1. The Morgan fingerprint density at radius 2 is 2.40 bits per heavy atom. The van der Waals surface area contributed by atoms with Gasteiger partial charge in [-0.15, -0.1) is 11.3 Å². The van der Waals surface area contributed by atoms with E-state index in [4.69, 9.17) is 5.26 Å². The van der Waals surface area contributed by atoms with Crippen molar-refractivity contribution < 1.29 is 4.79 Å². The van der Waals surface area contributed by atoms with Gasteiger partial charge in [-0.3, -0.25) is 4.79 Å². The minimum absolute atomic E-state index is 0.0550. The molecule has 1 aromatic heterocycles. The summed E-state index contributed by atoms with van der Waals surface area (Å²) in [6, 6.07) is 7.57. The Labute approximate surface area is 94.7 Å². The SMILES string of the molecule is CC(=O)Sc1ccc2nc(C#N)sc2c1. The lowest BCUT2D eigenvalue weighted by Crippen LogP contribution is -1.80. The largest absolute Gasteiger partial charge is 0.287 e. The van der Waals surface area contributed by atoms with E-state index in [9.17, 15) is 4.79 Å². The summed E-state index contributed by atoms with van der Waals surface area (Å²) < 4.78 is 0.942. The van der Waals surface area contributed by atoms with Crippen LogP contribution >= 0.6 is 23.1 Å². The van der Waals surface area contributed by atoms with E-state index in [-0.39, 0.29) is 5.12 Å². The van der Waals surface area contributed by atoms with Gasteiger partial charge in [-0.1, -0.05) is 11.8 Å². The molecule has 5 heteroatoms. The Kier molecular flexibility index (Phi) is 2.71. The Hall–Kier alpha value is -1.38. The third-order valence-corrected chi connectivity index (χ3v) is 3.42. The standard InChI is InChI=1S/C10H6N2OS2/c1-6(13)14-7-2-3-8-9(4-7)15-10(5-11)12-8/h2-4H,1H3. The van der Waals surface area contributed by atoms with E-state index in [2.05, 4.69) is 4.98 Å². The van der Waals surface area contributed by atoms with Crippen LogP contribution in [0.15, 0.2) is 23.1 Å². The highest BCUT2D eigenvalue weighted by Gasteiger charge is 2.05. The highest BCUT2D eigenvalue weighted by atomic mass is 32.2. The van der Waals surface area contributed by atoms with Gasteiger partial charge in [0.25, 0.3) is 0 Å². The van der Waals surface area contributed by atoms with E-state index in [0.29, 0.717) is 5.01 Å². The number of hydrogen-bond acceptors (Lipinski definition) is 5. The average molecular weight is 234 g/mol. The Balaban J connectivity index is 2.47. The van der Waals surface area contributed by atoms with Gasteiger partial charge in [0, 0.05) is 11.8 Å². The van der Waals surface area contributed by atoms with Crippen LogP contribution in [-0.2, 0) is 4.79 Å². The van der Waals surface area contributed by atoms with Gasteiger partial charge in [-0.05, 0) is 18.2 Å². The zero-order valence-electron chi connectivity index (χ0n) is 7.85. The molecule has 15 heavy (non-hydrogen) atoms. The molecule has 0 unspecified atom stereocenters. The van der Waals surface area contributed by atoms with Crippen LogP contribution in [0.5, 0.6) is 0 Å². The van der Waals surface area contributed by atoms with Crippen molar-refractivity contribution in [2.75, 3.05) is 0 Å². The molecule has 0 atom stereocenters. The molecule has 0 radical (unpaired) electrons. The molecule has 0 aliphatic carbocycles. The Morgan fingerprint density at radius 1 is 1.60 bits per heavy atom. The monoisotopic (exact) mass is 234 g/mol. The van der Waals surface area contributed by atoms with Gasteiger partial charge in [-0.2, -0.15) is 5.26 Å². The molecule has 2 rings (SSSR count). The summed E-state index contributed by atoms with van der Waals surface area (Å²) in [7, 11) is 0. The maximum Gasteiger partial charge on any atom is 0.195 e. The van der Waals surface area contributed by atoms with Crippen molar-refractivity contribution in [2.24, 2.45) is 0 Å².